The Kier molecular flexibility index (Phi) is 10.4. The average molecular weight is 547 g/mol. The molecule has 0 heterocycles. The van der Waals surface area contributed by atoms with Gasteiger partial charge in [-0.2, -0.15) is 0 Å². The molecular formula is C32H38N2O6. The van der Waals surface area contributed by atoms with E-state index in [1.165, 1.54) is 0 Å². The molecule has 2 amide bonds. The number of hydrogen-bond acceptors (Lipinski definition) is 6. The summed E-state index contributed by atoms with van der Waals surface area (Å²) in [6.07, 6.45) is -2.73. The van der Waals surface area contributed by atoms with Gasteiger partial charge in [0.15, 0.2) is 0 Å². The molecule has 3 aromatic rings. The molecule has 2 unspecified atom stereocenters. The van der Waals surface area contributed by atoms with E-state index in [1.807, 2.05) is 84.9 Å². The van der Waals surface area contributed by atoms with E-state index in [2.05, 4.69) is 0 Å². The molecule has 0 saturated heterocycles. The minimum Gasteiger partial charge on any atom is -0.393 e. The fraction of sp³-hybridized carbons (Fsp3) is 0.375. The van der Waals surface area contributed by atoms with Gasteiger partial charge in [-0.15, -0.1) is 0 Å². The SMILES string of the molecule is NC(=O)C[C@H](CC(O)C[C@H](OCc1ccccc1)C(C(N)=O)[C@H]1c2ccccc2C[C@H]1O)OCc1ccccc1. The highest BCUT2D eigenvalue weighted by molar-refractivity contribution is 5.79. The van der Waals surface area contributed by atoms with Crippen molar-refractivity contribution in [3.63, 3.8) is 0 Å². The van der Waals surface area contributed by atoms with Crippen LogP contribution in [-0.4, -0.2) is 46.4 Å². The number of rotatable bonds is 15. The number of amides is 2. The Hall–Kier alpha value is -3.56. The standard InChI is InChI=1S/C32H38N2O6/c33-29(37)18-25(39-19-21-9-3-1-4-10-21)16-24(35)17-28(40-20-22-11-5-2-6-12-22)31(32(34)38)30-26-14-8-7-13-23(26)15-27(30)36/h1-14,24-25,27-28,30-31,35-36H,15-20H2,(H2,33,37)(H2,34,38)/t24?,25-,27+,28-,30-,31?/m0/s1. The number of carbonyl (C=O) groups is 2. The van der Waals surface area contributed by atoms with E-state index >= 15 is 0 Å². The van der Waals surface area contributed by atoms with E-state index in [4.69, 9.17) is 20.9 Å². The average Bonchev–Trinajstić information content (AvgIpc) is 3.26. The largest absolute Gasteiger partial charge is 0.393 e. The summed E-state index contributed by atoms with van der Waals surface area (Å²) in [6, 6.07) is 26.6. The summed E-state index contributed by atoms with van der Waals surface area (Å²) in [7, 11) is 0. The monoisotopic (exact) mass is 546 g/mol. The smallest absolute Gasteiger partial charge is 0.223 e. The van der Waals surface area contributed by atoms with Gasteiger partial charge in [0.25, 0.3) is 0 Å². The normalized spacial score (nSPS) is 19.4. The predicted octanol–water partition coefficient (Wildman–Crippen LogP) is 2.98. The topological polar surface area (TPSA) is 145 Å². The number of aliphatic hydroxyl groups is 2. The van der Waals surface area contributed by atoms with Crippen molar-refractivity contribution in [1.82, 2.24) is 0 Å². The second-order valence-electron chi connectivity index (χ2n) is 10.5. The lowest BCUT2D eigenvalue weighted by atomic mass is 9.79. The zero-order valence-corrected chi connectivity index (χ0v) is 22.5. The zero-order valence-electron chi connectivity index (χ0n) is 22.5. The van der Waals surface area contributed by atoms with E-state index < -0.39 is 48.1 Å². The highest BCUT2D eigenvalue weighted by Crippen LogP contribution is 2.41. The summed E-state index contributed by atoms with van der Waals surface area (Å²) < 4.78 is 12.2. The molecule has 3 aromatic carbocycles. The Morgan fingerprint density at radius 2 is 1.40 bits per heavy atom. The van der Waals surface area contributed by atoms with Crippen molar-refractivity contribution in [2.45, 2.75) is 69.2 Å². The molecule has 1 aliphatic rings. The maximum absolute atomic E-state index is 13.0. The molecule has 6 N–H and O–H groups in total. The van der Waals surface area contributed by atoms with Crippen LogP contribution < -0.4 is 11.5 Å². The van der Waals surface area contributed by atoms with Crippen LogP contribution in [0.4, 0.5) is 0 Å². The van der Waals surface area contributed by atoms with Crippen LogP contribution in [0.3, 0.4) is 0 Å². The van der Waals surface area contributed by atoms with Gasteiger partial charge in [0.05, 0.1) is 50.0 Å². The fourth-order valence-electron chi connectivity index (χ4n) is 5.62. The molecule has 1 aliphatic carbocycles. The van der Waals surface area contributed by atoms with Gasteiger partial charge < -0.3 is 31.2 Å². The van der Waals surface area contributed by atoms with Crippen LogP contribution >= 0.6 is 0 Å². The second-order valence-corrected chi connectivity index (χ2v) is 10.5. The summed E-state index contributed by atoms with van der Waals surface area (Å²) in [5, 5.41) is 22.2. The van der Waals surface area contributed by atoms with Crippen molar-refractivity contribution < 1.29 is 29.3 Å². The first-order valence-corrected chi connectivity index (χ1v) is 13.6. The lowest BCUT2D eigenvalue weighted by Gasteiger charge is -2.33. The molecule has 0 spiro atoms. The number of fused-ring (bicyclic) bond motifs is 1. The molecule has 6 atom stereocenters. The maximum atomic E-state index is 13.0. The molecule has 4 rings (SSSR count). The van der Waals surface area contributed by atoms with Crippen LogP contribution in [0.1, 0.15) is 47.4 Å². The zero-order chi connectivity index (χ0) is 28.5. The molecule has 40 heavy (non-hydrogen) atoms. The van der Waals surface area contributed by atoms with E-state index in [9.17, 15) is 19.8 Å². The molecule has 0 radical (unpaired) electrons. The van der Waals surface area contributed by atoms with Crippen LogP contribution in [0.15, 0.2) is 84.9 Å². The van der Waals surface area contributed by atoms with Crippen LogP contribution in [0.25, 0.3) is 0 Å². The first kappa shape index (κ1) is 29.4. The van der Waals surface area contributed by atoms with Gasteiger partial charge in [0.2, 0.25) is 11.8 Å². The lowest BCUT2D eigenvalue weighted by molar-refractivity contribution is -0.133. The Bertz CT molecular complexity index is 1240. The van der Waals surface area contributed by atoms with Gasteiger partial charge in [-0.1, -0.05) is 84.9 Å². The van der Waals surface area contributed by atoms with Crippen LogP contribution in [0.2, 0.25) is 0 Å². The Labute approximate surface area is 234 Å². The van der Waals surface area contributed by atoms with Crippen molar-refractivity contribution in [3.05, 3.63) is 107 Å². The first-order chi connectivity index (χ1) is 19.3. The van der Waals surface area contributed by atoms with Crippen molar-refractivity contribution >= 4 is 11.8 Å². The number of primary amides is 2. The Morgan fingerprint density at radius 1 is 0.825 bits per heavy atom. The quantitative estimate of drug-likeness (QED) is 0.231. The molecule has 8 heteroatoms. The minimum absolute atomic E-state index is 0.0514. The van der Waals surface area contributed by atoms with Crippen LogP contribution in [0.5, 0.6) is 0 Å². The van der Waals surface area contributed by atoms with Crippen LogP contribution in [-0.2, 0) is 38.7 Å². The van der Waals surface area contributed by atoms with Gasteiger partial charge in [-0.05, 0) is 28.7 Å². The van der Waals surface area contributed by atoms with Crippen molar-refractivity contribution in [1.29, 1.82) is 0 Å². The number of hydrogen-bond donors (Lipinski definition) is 4. The summed E-state index contributed by atoms with van der Waals surface area (Å²) >= 11 is 0. The van der Waals surface area contributed by atoms with Gasteiger partial charge in [-0.25, -0.2) is 0 Å². The van der Waals surface area contributed by atoms with E-state index in [-0.39, 0.29) is 32.5 Å². The third-order valence-corrected chi connectivity index (χ3v) is 7.48. The highest BCUT2D eigenvalue weighted by Gasteiger charge is 2.44. The first-order valence-electron chi connectivity index (χ1n) is 13.6. The Morgan fingerprint density at radius 3 is 2.00 bits per heavy atom. The molecule has 0 bridgehead atoms. The fourth-order valence-corrected chi connectivity index (χ4v) is 5.62. The summed E-state index contributed by atoms with van der Waals surface area (Å²) in [5.74, 6) is -2.61. The summed E-state index contributed by atoms with van der Waals surface area (Å²) in [5.41, 5.74) is 15.1. The second kappa shape index (κ2) is 14.2. The van der Waals surface area contributed by atoms with Gasteiger partial charge >= 0.3 is 0 Å². The van der Waals surface area contributed by atoms with Crippen molar-refractivity contribution in [3.8, 4) is 0 Å². The van der Waals surface area contributed by atoms with E-state index in [0.29, 0.717) is 6.42 Å². The Balaban J connectivity index is 1.53. The minimum atomic E-state index is -0.989. The van der Waals surface area contributed by atoms with E-state index in [1.54, 1.807) is 0 Å². The molecular weight excluding hydrogens is 508 g/mol. The van der Waals surface area contributed by atoms with Crippen LogP contribution in [0, 0.1) is 5.92 Å². The number of nitrogens with two attached hydrogens (primary N) is 2. The van der Waals surface area contributed by atoms with Gasteiger partial charge in [0.1, 0.15) is 0 Å². The third-order valence-electron chi connectivity index (χ3n) is 7.48. The lowest BCUT2D eigenvalue weighted by Crippen LogP contribution is -2.44. The summed E-state index contributed by atoms with van der Waals surface area (Å²) in [6.45, 7) is 0.454. The molecule has 0 fully saturated rings. The van der Waals surface area contributed by atoms with Gasteiger partial charge in [-0.3, -0.25) is 9.59 Å². The maximum Gasteiger partial charge on any atom is 0.223 e. The van der Waals surface area contributed by atoms with Gasteiger partial charge in [0, 0.05) is 18.8 Å². The molecule has 0 aromatic heterocycles. The number of carbonyl (C=O) groups excluding carboxylic acids is 2. The predicted molar refractivity (Wildman–Crippen MR) is 151 cm³/mol. The van der Waals surface area contributed by atoms with E-state index in [0.717, 1.165) is 22.3 Å². The number of aliphatic hydroxyl groups excluding tert-OH is 2. The molecule has 0 aliphatic heterocycles. The van der Waals surface area contributed by atoms with Crippen molar-refractivity contribution in [2.24, 2.45) is 17.4 Å². The summed E-state index contributed by atoms with van der Waals surface area (Å²) in [4.78, 5) is 24.7. The molecule has 8 nitrogen and oxygen atoms in total. The van der Waals surface area contributed by atoms with Crippen molar-refractivity contribution in [2.75, 3.05) is 0 Å². The third kappa shape index (κ3) is 7.99. The number of ether oxygens (including phenoxy) is 2. The highest BCUT2D eigenvalue weighted by atomic mass is 16.5. The number of benzene rings is 3. The molecule has 0 saturated carbocycles. The molecule has 212 valence electrons.